The van der Waals surface area contributed by atoms with E-state index in [4.69, 9.17) is 10.7 Å². The monoisotopic (exact) mass is 254 g/mol. The largest absolute Gasteiger partial charge is 0.262 e. The maximum absolute atomic E-state index is 11.9. The Morgan fingerprint density at radius 1 is 1.36 bits per heavy atom. The zero-order valence-corrected chi connectivity index (χ0v) is 9.50. The summed E-state index contributed by atoms with van der Waals surface area (Å²) in [6, 6.07) is 6.28. The van der Waals surface area contributed by atoms with Crippen LogP contribution in [0, 0.1) is 0 Å². The van der Waals surface area contributed by atoms with Crippen molar-refractivity contribution in [3.05, 3.63) is 24.3 Å². The van der Waals surface area contributed by atoms with Crippen LogP contribution in [0.1, 0.15) is 0 Å². The van der Waals surface area contributed by atoms with Crippen molar-refractivity contribution in [3.63, 3.8) is 0 Å². The van der Waals surface area contributed by atoms with Crippen LogP contribution in [-0.2, 0) is 9.05 Å². The maximum Gasteiger partial charge on any atom is 0.262 e. The van der Waals surface area contributed by atoms with E-state index in [1.165, 1.54) is 6.07 Å². The van der Waals surface area contributed by atoms with Gasteiger partial charge >= 0.3 is 0 Å². The molecular weight excluding hydrogens is 247 g/mol. The van der Waals surface area contributed by atoms with Crippen molar-refractivity contribution in [1.82, 2.24) is 0 Å². The van der Waals surface area contributed by atoms with E-state index in [0.29, 0.717) is 4.90 Å². The molecule has 78 valence electrons. The van der Waals surface area contributed by atoms with E-state index >= 15 is 0 Å². The summed E-state index contributed by atoms with van der Waals surface area (Å²) in [6.07, 6.45) is 0. The van der Waals surface area contributed by atoms with Crippen LogP contribution >= 0.6 is 22.4 Å². The molecule has 1 aromatic rings. The predicted octanol–water partition coefficient (Wildman–Crippen LogP) is 2.68. The van der Waals surface area contributed by atoms with Crippen molar-refractivity contribution in [2.45, 2.75) is 9.79 Å². The Bertz CT molecular complexity index is 406. The van der Waals surface area contributed by atoms with Crippen LogP contribution in [0.3, 0.4) is 0 Å². The summed E-state index contributed by atoms with van der Waals surface area (Å²) in [7, 11) is 1.47. The van der Waals surface area contributed by atoms with E-state index in [-0.39, 0.29) is 10.6 Å². The fraction of sp³-hybridized carbons (Fsp3) is 0.250. The van der Waals surface area contributed by atoms with Gasteiger partial charge in [-0.3, -0.25) is 4.39 Å². The lowest BCUT2D eigenvalue weighted by molar-refractivity contribution is 0.532. The zero-order chi connectivity index (χ0) is 10.6. The smallest absolute Gasteiger partial charge is 0.250 e. The Hall–Kier alpha value is -0.260. The SMILES string of the molecule is O=S(=O)(Cl)c1ccccc1SCCF. The zero-order valence-electron chi connectivity index (χ0n) is 7.11. The molecular formula is C8H8ClFO2S2. The van der Waals surface area contributed by atoms with Crippen LogP contribution in [0.2, 0.25) is 0 Å². The quantitative estimate of drug-likeness (QED) is 0.612. The van der Waals surface area contributed by atoms with Crippen LogP contribution < -0.4 is 0 Å². The summed E-state index contributed by atoms with van der Waals surface area (Å²) in [5.74, 6) is 0.226. The minimum absolute atomic E-state index is 0.0418. The fourth-order valence-electron chi connectivity index (χ4n) is 0.919. The van der Waals surface area contributed by atoms with Crippen LogP contribution in [0.5, 0.6) is 0 Å². The highest BCUT2D eigenvalue weighted by molar-refractivity contribution is 8.14. The first-order valence-corrected chi connectivity index (χ1v) is 7.07. The van der Waals surface area contributed by atoms with Gasteiger partial charge in [-0.2, -0.15) is 0 Å². The summed E-state index contributed by atoms with van der Waals surface area (Å²) in [4.78, 5) is 0.528. The number of thioether (sulfide) groups is 1. The number of alkyl halides is 1. The number of hydrogen-bond donors (Lipinski definition) is 0. The number of benzene rings is 1. The summed E-state index contributed by atoms with van der Waals surface area (Å²) >= 11 is 1.14. The molecule has 0 radical (unpaired) electrons. The summed E-state index contributed by atoms with van der Waals surface area (Å²) in [5, 5.41) is 0. The summed E-state index contributed by atoms with van der Waals surface area (Å²) in [6.45, 7) is -0.499. The molecule has 6 heteroatoms. The molecule has 0 N–H and O–H groups in total. The number of halogens is 2. The van der Waals surface area contributed by atoms with Crippen LogP contribution in [0.4, 0.5) is 4.39 Å². The van der Waals surface area contributed by atoms with Gasteiger partial charge < -0.3 is 0 Å². The van der Waals surface area contributed by atoms with Crippen molar-refractivity contribution in [3.8, 4) is 0 Å². The molecule has 0 atom stereocenters. The predicted molar refractivity (Wildman–Crippen MR) is 56.2 cm³/mol. The van der Waals surface area contributed by atoms with Crippen LogP contribution in [0.25, 0.3) is 0 Å². The molecule has 0 saturated heterocycles. The van der Waals surface area contributed by atoms with Gasteiger partial charge in [0, 0.05) is 21.3 Å². The third-order valence-electron chi connectivity index (χ3n) is 1.45. The second-order valence-electron chi connectivity index (χ2n) is 2.42. The molecule has 0 aliphatic heterocycles. The first-order chi connectivity index (χ1) is 6.55. The van der Waals surface area contributed by atoms with E-state index < -0.39 is 15.7 Å². The molecule has 0 unspecified atom stereocenters. The van der Waals surface area contributed by atoms with E-state index in [1.807, 2.05) is 0 Å². The van der Waals surface area contributed by atoms with Gasteiger partial charge in [0.05, 0.1) is 11.6 Å². The third-order valence-corrected chi connectivity index (χ3v) is 3.98. The molecule has 0 aliphatic carbocycles. The van der Waals surface area contributed by atoms with Gasteiger partial charge in [0.1, 0.15) is 0 Å². The molecule has 0 fully saturated rings. The Labute approximate surface area is 90.9 Å². The van der Waals surface area contributed by atoms with E-state index in [2.05, 4.69) is 0 Å². The lowest BCUT2D eigenvalue weighted by atomic mass is 10.4. The van der Waals surface area contributed by atoms with E-state index in [1.54, 1.807) is 18.2 Å². The van der Waals surface area contributed by atoms with E-state index in [9.17, 15) is 12.8 Å². The maximum atomic E-state index is 11.9. The first-order valence-electron chi connectivity index (χ1n) is 3.78. The molecule has 14 heavy (non-hydrogen) atoms. The second-order valence-corrected chi connectivity index (χ2v) is 6.09. The van der Waals surface area contributed by atoms with Gasteiger partial charge in [0.15, 0.2) is 0 Å². The van der Waals surface area contributed by atoms with Crippen molar-refractivity contribution in [1.29, 1.82) is 0 Å². The Balaban J connectivity index is 3.04. The molecule has 0 aliphatic rings. The molecule has 0 bridgehead atoms. The summed E-state index contributed by atoms with van der Waals surface area (Å²) in [5.41, 5.74) is 0. The van der Waals surface area contributed by atoms with Crippen molar-refractivity contribution < 1.29 is 12.8 Å². The molecule has 1 rings (SSSR count). The molecule has 0 saturated carbocycles. The Morgan fingerprint density at radius 2 is 2.00 bits per heavy atom. The first kappa shape index (κ1) is 11.8. The molecule has 2 nitrogen and oxygen atoms in total. The molecule has 0 heterocycles. The van der Waals surface area contributed by atoms with Crippen molar-refractivity contribution in [2.24, 2.45) is 0 Å². The second kappa shape index (κ2) is 5.00. The molecule has 0 aromatic heterocycles. The Kier molecular flexibility index (Phi) is 4.22. The lowest BCUT2D eigenvalue weighted by Gasteiger charge is -2.03. The Morgan fingerprint density at radius 3 is 2.57 bits per heavy atom. The lowest BCUT2D eigenvalue weighted by Crippen LogP contribution is -1.94. The van der Waals surface area contributed by atoms with Crippen molar-refractivity contribution >= 4 is 31.5 Å². The molecule has 0 spiro atoms. The van der Waals surface area contributed by atoms with Crippen LogP contribution in [-0.4, -0.2) is 20.8 Å². The number of hydrogen-bond acceptors (Lipinski definition) is 3. The summed E-state index contributed by atoms with van der Waals surface area (Å²) < 4.78 is 34.1. The fourth-order valence-corrected chi connectivity index (χ4v) is 3.20. The van der Waals surface area contributed by atoms with Crippen molar-refractivity contribution in [2.75, 3.05) is 12.4 Å². The normalized spacial score (nSPS) is 11.6. The highest BCUT2D eigenvalue weighted by Gasteiger charge is 2.14. The standard InChI is InChI=1S/C8H8ClFO2S2/c9-14(11,12)8-4-2-1-3-7(8)13-6-5-10/h1-4H,5-6H2. The van der Waals surface area contributed by atoms with Gasteiger partial charge in [0.2, 0.25) is 0 Å². The van der Waals surface area contributed by atoms with Gasteiger partial charge in [-0.15, -0.1) is 11.8 Å². The minimum atomic E-state index is -3.73. The molecule has 1 aromatic carbocycles. The average Bonchev–Trinajstić information content (AvgIpc) is 2.14. The van der Waals surface area contributed by atoms with Gasteiger partial charge in [-0.1, -0.05) is 12.1 Å². The topological polar surface area (TPSA) is 34.1 Å². The highest BCUT2D eigenvalue weighted by atomic mass is 35.7. The van der Waals surface area contributed by atoms with Gasteiger partial charge in [-0.05, 0) is 12.1 Å². The minimum Gasteiger partial charge on any atom is -0.250 e. The number of rotatable bonds is 4. The van der Waals surface area contributed by atoms with E-state index in [0.717, 1.165) is 11.8 Å². The third kappa shape index (κ3) is 3.15. The van der Waals surface area contributed by atoms with Gasteiger partial charge in [-0.25, -0.2) is 8.42 Å². The molecule has 0 amide bonds. The van der Waals surface area contributed by atoms with Crippen LogP contribution in [0.15, 0.2) is 34.1 Å². The van der Waals surface area contributed by atoms with Gasteiger partial charge in [0.25, 0.3) is 9.05 Å². The average molecular weight is 255 g/mol. The highest BCUT2D eigenvalue weighted by Crippen LogP contribution is 2.28.